The van der Waals surface area contributed by atoms with Crippen LogP contribution in [0.1, 0.15) is 35.7 Å². The summed E-state index contributed by atoms with van der Waals surface area (Å²) in [6.45, 7) is 2.34. The van der Waals surface area contributed by atoms with Crippen LogP contribution in [0.15, 0.2) is 48.5 Å². The highest BCUT2D eigenvalue weighted by Crippen LogP contribution is 2.18. The number of rotatable bonds is 7. The van der Waals surface area contributed by atoms with Crippen molar-refractivity contribution in [3.8, 4) is 11.5 Å². The Hall–Kier alpha value is -2.82. The second-order valence-electron chi connectivity index (χ2n) is 5.39. The van der Waals surface area contributed by atoms with Crippen LogP contribution in [-0.2, 0) is 11.2 Å². The summed E-state index contributed by atoms with van der Waals surface area (Å²) in [5, 5.41) is 12.1. The van der Waals surface area contributed by atoms with Crippen molar-refractivity contribution in [1.29, 1.82) is 0 Å². The lowest BCUT2D eigenvalue weighted by Gasteiger charge is -2.10. The molecule has 126 valence electrons. The lowest BCUT2D eigenvalue weighted by atomic mass is 10.1. The summed E-state index contributed by atoms with van der Waals surface area (Å²) in [5.41, 5.74) is 1.35. The molecule has 0 saturated heterocycles. The van der Waals surface area contributed by atoms with E-state index in [9.17, 15) is 14.7 Å². The molecule has 0 fully saturated rings. The van der Waals surface area contributed by atoms with Gasteiger partial charge in [0.2, 0.25) is 0 Å². The highest BCUT2D eigenvalue weighted by Gasteiger charge is 2.14. The van der Waals surface area contributed by atoms with Crippen LogP contribution in [0.4, 0.5) is 0 Å². The molecule has 2 N–H and O–H groups in total. The van der Waals surface area contributed by atoms with Gasteiger partial charge in [-0.15, -0.1) is 0 Å². The fourth-order valence-corrected chi connectivity index (χ4v) is 2.20. The third-order valence-electron chi connectivity index (χ3n) is 3.45. The maximum atomic E-state index is 12.3. The average Bonchev–Trinajstić information content (AvgIpc) is 2.57. The SMILES string of the molecule is CCCC(=O)Oc1ccccc1C(=O)NCCc1ccc(O)cc1. The summed E-state index contributed by atoms with van der Waals surface area (Å²) in [5.74, 6) is -0.140. The van der Waals surface area contributed by atoms with E-state index in [1.54, 1.807) is 36.4 Å². The van der Waals surface area contributed by atoms with Crippen molar-refractivity contribution in [2.24, 2.45) is 0 Å². The first-order chi connectivity index (χ1) is 11.6. The van der Waals surface area contributed by atoms with Crippen LogP contribution in [0, 0.1) is 0 Å². The number of phenolic OH excluding ortho intramolecular Hbond substituents is 1. The van der Waals surface area contributed by atoms with Crippen LogP contribution < -0.4 is 10.1 Å². The number of benzene rings is 2. The average molecular weight is 327 g/mol. The van der Waals surface area contributed by atoms with Crippen molar-refractivity contribution < 1.29 is 19.4 Å². The first kappa shape index (κ1) is 17.5. The lowest BCUT2D eigenvalue weighted by molar-refractivity contribution is -0.134. The number of phenols is 1. The molecule has 0 bridgehead atoms. The Morgan fingerprint density at radius 3 is 2.50 bits per heavy atom. The summed E-state index contributed by atoms with van der Waals surface area (Å²) in [4.78, 5) is 23.9. The van der Waals surface area contributed by atoms with Crippen LogP contribution in [-0.4, -0.2) is 23.5 Å². The van der Waals surface area contributed by atoms with E-state index in [2.05, 4.69) is 5.32 Å². The Balaban J connectivity index is 1.94. The molecule has 0 atom stereocenters. The third-order valence-corrected chi connectivity index (χ3v) is 3.45. The summed E-state index contributed by atoms with van der Waals surface area (Å²) >= 11 is 0. The van der Waals surface area contributed by atoms with Gasteiger partial charge in [0.15, 0.2) is 0 Å². The molecule has 0 aliphatic heterocycles. The molecule has 5 heteroatoms. The van der Waals surface area contributed by atoms with Crippen LogP contribution in [0.5, 0.6) is 11.5 Å². The van der Waals surface area contributed by atoms with E-state index in [0.717, 1.165) is 5.56 Å². The Kier molecular flexibility index (Phi) is 6.37. The van der Waals surface area contributed by atoms with Gasteiger partial charge in [0, 0.05) is 13.0 Å². The van der Waals surface area contributed by atoms with E-state index in [1.807, 2.05) is 19.1 Å². The van der Waals surface area contributed by atoms with Crippen molar-refractivity contribution in [3.05, 3.63) is 59.7 Å². The van der Waals surface area contributed by atoms with Crippen molar-refractivity contribution >= 4 is 11.9 Å². The van der Waals surface area contributed by atoms with E-state index in [1.165, 1.54) is 0 Å². The van der Waals surface area contributed by atoms with Crippen molar-refractivity contribution in [3.63, 3.8) is 0 Å². The first-order valence-corrected chi connectivity index (χ1v) is 7.96. The molecule has 5 nitrogen and oxygen atoms in total. The Labute approximate surface area is 141 Å². The number of esters is 1. The van der Waals surface area contributed by atoms with Gasteiger partial charge in [0.05, 0.1) is 5.56 Å². The second kappa shape index (κ2) is 8.72. The van der Waals surface area contributed by atoms with Crippen molar-refractivity contribution in [1.82, 2.24) is 5.32 Å². The monoisotopic (exact) mass is 327 g/mol. The molecule has 0 spiro atoms. The Bertz CT molecular complexity index is 695. The van der Waals surface area contributed by atoms with E-state index < -0.39 is 0 Å². The fraction of sp³-hybridized carbons (Fsp3) is 0.263. The number of ether oxygens (including phenoxy) is 1. The molecule has 24 heavy (non-hydrogen) atoms. The summed E-state index contributed by atoms with van der Waals surface area (Å²) in [6, 6.07) is 13.5. The van der Waals surface area contributed by atoms with Gasteiger partial charge < -0.3 is 15.2 Å². The van der Waals surface area contributed by atoms with Crippen molar-refractivity contribution in [2.45, 2.75) is 26.2 Å². The topological polar surface area (TPSA) is 75.6 Å². The zero-order valence-corrected chi connectivity index (χ0v) is 13.6. The molecule has 0 aliphatic rings. The minimum atomic E-state index is -0.346. The molecule has 0 radical (unpaired) electrons. The van der Waals surface area contributed by atoms with Gasteiger partial charge in [-0.05, 0) is 42.7 Å². The normalized spacial score (nSPS) is 10.2. The predicted molar refractivity (Wildman–Crippen MR) is 91.1 cm³/mol. The number of carbonyl (C=O) groups excluding carboxylic acids is 2. The molecule has 2 rings (SSSR count). The number of hydrogen-bond donors (Lipinski definition) is 2. The molecule has 2 aromatic rings. The van der Waals surface area contributed by atoms with E-state index in [0.29, 0.717) is 31.4 Å². The maximum Gasteiger partial charge on any atom is 0.311 e. The number of aromatic hydroxyl groups is 1. The standard InChI is InChI=1S/C19H21NO4/c1-2-5-18(22)24-17-7-4-3-6-16(17)19(23)20-13-12-14-8-10-15(21)11-9-14/h3-4,6-11,21H,2,5,12-13H2,1H3,(H,20,23). The maximum absolute atomic E-state index is 12.3. The molecular weight excluding hydrogens is 306 g/mol. The van der Waals surface area contributed by atoms with Gasteiger partial charge in [-0.2, -0.15) is 0 Å². The molecular formula is C19H21NO4. The van der Waals surface area contributed by atoms with Gasteiger partial charge in [0.1, 0.15) is 11.5 Å². The van der Waals surface area contributed by atoms with Gasteiger partial charge >= 0.3 is 5.97 Å². The van der Waals surface area contributed by atoms with Gasteiger partial charge in [-0.1, -0.05) is 31.2 Å². The fourth-order valence-electron chi connectivity index (χ4n) is 2.20. The molecule has 0 heterocycles. The minimum absolute atomic E-state index is 0.214. The van der Waals surface area contributed by atoms with E-state index in [4.69, 9.17) is 4.74 Å². The van der Waals surface area contributed by atoms with E-state index in [-0.39, 0.29) is 23.4 Å². The minimum Gasteiger partial charge on any atom is -0.508 e. The zero-order chi connectivity index (χ0) is 17.4. The predicted octanol–water partition coefficient (Wildman–Crippen LogP) is 3.07. The zero-order valence-electron chi connectivity index (χ0n) is 13.6. The molecule has 2 aromatic carbocycles. The molecule has 0 saturated carbocycles. The first-order valence-electron chi connectivity index (χ1n) is 7.96. The Morgan fingerprint density at radius 1 is 1.08 bits per heavy atom. The quantitative estimate of drug-likeness (QED) is 0.605. The largest absolute Gasteiger partial charge is 0.508 e. The number of hydrogen-bond acceptors (Lipinski definition) is 4. The molecule has 1 amide bonds. The second-order valence-corrected chi connectivity index (χ2v) is 5.39. The van der Waals surface area contributed by atoms with Crippen molar-refractivity contribution in [2.75, 3.05) is 6.54 Å². The van der Waals surface area contributed by atoms with E-state index >= 15 is 0 Å². The molecule has 0 unspecified atom stereocenters. The summed E-state index contributed by atoms with van der Waals surface area (Å²) in [6.07, 6.45) is 1.65. The number of nitrogens with one attached hydrogen (secondary N) is 1. The third kappa shape index (κ3) is 5.12. The van der Waals surface area contributed by atoms with Gasteiger partial charge in [-0.3, -0.25) is 9.59 Å². The number of carbonyl (C=O) groups is 2. The number of amides is 1. The lowest BCUT2D eigenvalue weighted by Crippen LogP contribution is -2.26. The number of para-hydroxylation sites is 1. The smallest absolute Gasteiger partial charge is 0.311 e. The van der Waals surface area contributed by atoms with Crippen LogP contribution >= 0.6 is 0 Å². The summed E-state index contributed by atoms with van der Waals surface area (Å²) < 4.78 is 5.26. The highest BCUT2D eigenvalue weighted by molar-refractivity contribution is 5.97. The summed E-state index contributed by atoms with van der Waals surface area (Å²) in [7, 11) is 0. The van der Waals surface area contributed by atoms with Crippen LogP contribution in [0.2, 0.25) is 0 Å². The Morgan fingerprint density at radius 2 is 1.79 bits per heavy atom. The highest BCUT2D eigenvalue weighted by atomic mass is 16.5. The molecule has 0 aromatic heterocycles. The van der Waals surface area contributed by atoms with Gasteiger partial charge in [-0.25, -0.2) is 0 Å². The molecule has 0 aliphatic carbocycles. The van der Waals surface area contributed by atoms with Crippen LogP contribution in [0.25, 0.3) is 0 Å². The van der Waals surface area contributed by atoms with Crippen LogP contribution in [0.3, 0.4) is 0 Å². The van der Waals surface area contributed by atoms with Gasteiger partial charge in [0.25, 0.3) is 5.91 Å².